The number of fused-ring (bicyclic) bond motifs is 3. The molecule has 4 aromatic rings. The molecule has 0 aliphatic carbocycles. The van der Waals surface area contributed by atoms with Crippen LogP contribution in [0, 0.1) is 13.8 Å². The summed E-state index contributed by atoms with van der Waals surface area (Å²) in [5, 5.41) is 0. The Kier molecular flexibility index (Phi) is 7.01. The lowest BCUT2D eigenvalue weighted by Crippen LogP contribution is -2.48. The number of methoxy groups -OCH3 is 2. The molecule has 206 valence electrons. The van der Waals surface area contributed by atoms with Crippen molar-refractivity contribution in [3.05, 3.63) is 89.1 Å². The van der Waals surface area contributed by atoms with E-state index in [0.717, 1.165) is 68.2 Å². The van der Waals surface area contributed by atoms with E-state index in [1.807, 2.05) is 23.1 Å². The summed E-state index contributed by atoms with van der Waals surface area (Å²) in [5.74, 6) is 1.62. The Morgan fingerprint density at radius 2 is 1.52 bits per heavy atom. The van der Waals surface area contributed by atoms with E-state index in [1.165, 1.54) is 39.3 Å². The SMILES string of the molecule is COc1cc2c(cc1OC)-c1c(C)c(-c3cccc(C(=O)N4CCN(c5ccccc5)CC4)c3)c(C)n1CCC2. The van der Waals surface area contributed by atoms with Crippen LogP contribution in [-0.2, 0) is 13.0 Å². The van der Waals surface area contributed by atoms with Gasteiger partial charge >= 0.3 is 0 Å². The van der Waals surface area contributed by atoms with Gasteiger partial charge in [0.05, 0.1) is 19.9 Å². The van der Waals surface area contributed by atoms with Crippen molar-refractivity contribution in [3.63, 3.8) is 0 Å². The zero-order valence-corrected chi connectivity index (χ0v) is 23.9. The van der Waals surface area contributed by atoms with E-state index in [-0.39, 0.29) is 5.91 Å². The first-order chi connectivity index (χ1) is 19.5. The Morgan fingerprint density at radius 1 is 0.800 bits per heavy atom. The lowest BCUT2D eigenvalue weighted by molar-refractivity contribution is 0.0747. The largest absolute Gasteiger partial charge is 0.493 e. The number of ether oxygens (including phenoxy) is 2. The van der Waals surface area contributed by atoms with E-state index >= 15 is 0 Å². The molecule has 0 unspecified atom stereocenters. The third-order valence-corrected chi connectivity index (χ3v) is 8.55. The number of hydrogen-bond donors (Lipinski definition) is 0. The fourth-order valence-electron chi connectivity index (χ4n) is 6.52. The maximum Gasteiger partial charge on any atom is 0.253 e. The average molecular weight is 536 g/mol. The predicted octanol–water partition coefficient (Wildman–Crippen LogP) is 6.36. The molecule has 1 amide bonds. The maximum absolute atomic E-state index is 13.6. The molecule has 2 aliphatic heterocycles. The van der Waals surface area contributed by atoms with Crippen LogP contribution in [0.4, 0.5) is 5.69 Å². The number of piperazine rings is 1. The number of rotatable bonds is 5. The summed E-state index contributed by atoms with van der Waals surface area (Å²) in [6.45, 7) is 8.48. The number of amides is 1. The number of nitrogens with zero attached hydrogens (tertiary/aromatic N) is 3. The molecule has 0 saturated carbocycles. The molecular formula is C34H37N3O3. The minimum Gasteiger partial charge on any atom is -0.493 e. The van der Waals surface area contributed by atoms with Crippen molar-refractivity contribution in [2.24, 2.45) is 0 Å². The van der Waals surface area contributed by atoms with Crippen molar-refractivity contribution in [1.29, 1.82) is 0 Å². The number of carbonyl (C=O) groups excluding carboxylic acids is 1. The van der Waals surface area contributed by atoms with Crippen molar-refractivity contribution >= 4 is 11.6 Å². The Balaban J connectivity index is 1.31. The summed E-state index contributed by atoms with van der Waals surface area (Å²) < 4.78 is 13.7. The molecule has 0 radical (unpaired) electrons. The molecule has 0 bridgehead atoms. The van der Waals surface area contributed by atoms with E-state index in [4.69, 9.17) is 9.47 Å². The summed E-state index contributed by atoms with van der Waals surface area (Å²) in [5.41, 5.74) is 10.4. The van der Waals surface area contributed by atoms with Crippen LogP contribution in [0.2, 0.25) is 0 Å². The summed E-state index contributed by atoms with van der Waals surface area (Å²) in [6, 6.07) is 22.9. The van der Waals surface area contributed by atoms with Gasteiger partial charge in [0, 0.05) is 60.8 Å². The molecule has 0 atom stereocenters. The summed E-state index contributed by atoms with van der Waals surface area (Å²) in [6.07, 6.45) is 2.05. The Bertz CT molecular complexity index is 1550. The van der Waals surface area contributed by atoms with Crippen LogP contribution >= 0.6 is 0 Å². The Hall–Kier alpha value is -4.19. The van der Waals surface area contributed by atoms with Gasteiger partial charge < -0.3 is 23.8 Å². The molecule has 6 heteroatoms. The van der Waals surface area contributed by atoms with E-state index in [0.29, 0.717) is 0 Å². The monoisotopic (exact) mass is 535 g/mol. The first-order valence-electron chi connectivity index (χ1n) is 14.1. The van der Waals surface area contributed by atoms with Gasteiger partial charge in [-0.05, 0) is 79.8 Å². The minimum absolute atomic E-state index is 0.104. The molecular weight excluding hydrogens is 498 g/mol. The highest BCUT2D eigenvalue weighted by molar-refractivity contribution is 5.96. The molecule has 1 saturated heterocycles. The fourth-order valence-corrected chi connectivity index (χ4v) is 6.52. The molecule has 1 fully saturated rings. The molecule has 1 aromatic heterocycles. The van der Waals surface area contributed by atoms with E-state index in [9.17, 15) is 4.79 Å². The topological polar surface area (TPSA) is 46.9 Å². The highest BCUT2D eigenvalue weighted by Crippen LogP contribution is 2.44. The predicted molar refractivity (Wildman–Crippen MR) is 161 cm³/mol. The van der Waals surface area contributed by atoms with Gasteiger partial charge in [0.1, 0.15) is 0 Å². The van der Waals surface area contributed by atoms with E-state index in [2.05, 4.69) is 71.8 Å². The number of para-hydroxylation sites is 1. The first-order valence-corrected chi connectivity index (χ1v) is 14.1. The number of aromatic nitrogens is 1. The second kappa shape index (κ2) is 10.8. The number of carbonyl (C=O) groups is 1. The number of hydrogen-bond acceptors (Lipinski definition) is 4. The second-order valence-corrected chi connectivity index (χ2v) is 10.7. The van der Waals surface area contributed by atoms with Crippen molar-refractivity contribution in [3.8, 4) is 33.9 Å². The lowest BCUT2D eigenvalue weighted by atomic mass is 9.94. The van der Waals surface area contributed by atoms with Crippen molar-refractivity contribution in [1.82, 2.24) is 9.47 Å². The molecule has 2 aliphatic rings. The summed E-state index contributed by atoms with van der Waals surface area (Å²) in [7, 11) is 3.38. The number of aryl methyl sites for hydroxylation is 1. The van der Waals surface area contributed by atoms with Crippen LogP contribution in [0.25, 0.3) is 22.4 Å². The van der Waals surface area contributed by atoms with Gasteiger partial charge in [0.2, 0.25) is 0 Å². The normalized spacial score (nSPS) is 14.8. The average Bonchev–Trinajstić information content (AvgIpc) is 3.13. The van der Waals surface area contributed by atoms with Crippen LogP contribution in [-0.4, -0.2) is 55.8 Å². The van der Waals surface area contributed by atoms with Crippen LogP contribution in [0.5, 0.6) is 11.5 Å². The molecule has 3 heterocycles. The lowest BCUT2D eigenvalue weighted by Gasteiger charge is -2.36. The molecule has 0 spiro atoms. The van der Waals surface area contributed by atoms with Gasteiger partial charge in [-0.15, -0.1) is 0 Å². The quantitative estimate of drug-likeness (QED) is 0.298. The fraction of sp³-hybridized carbons (Fsp3) is 0.324. The van der Waals surface area contributed by atoms with Gasteiger partial charge in [-0.2, -0.15) is 0 Å². The Morgan fingerprint density at radius 3 is 2.25 bits per heavy atom. The standard InChI is InChI=1S/C34H37N3O3/c1-23-32(24(2)37-15-9-12-25-21-30(39-3)31(40-4)22-29(25)33(23)37)26-10-8-11-27(20-26)34(38)36-18-16-35(17-19-36)28-13-6-5-7-14-28/h5-8,10-11,13-14,20-22H,9,12,15-19H2,1-4H3. The van der Waals surface area contributed by atoms with Gasteiger partial charge in [0.15, 0.2) is 11.5 Å². The number of benzene rings is 3. The second-order valence-electron chi connectivity index (χ2n) is 10.7. The van der Waals surface area contributed by atoms with Crippen LogP contribution in [0.3, 0.4) is 0 Å². The van der Waals surface area contributed by atoms with Crippen molar-refractivity contribution in [2.75, 3.05) is 45.3 Å². The summed E-state index contributed by atoms with van der Waals surface area (Å²) in [4.78, 5) is 17.9. The molecule has 40 heavy (non-hydrogen) atoms. The van der Waals surface area contributed by atoms with Crippen molar-refractivity contribution in [2.45, 2.75) is 33.2 Å². The molecule has 6 nitrogen and oxygen atoms in total. The highest BCUT2D eigenvalue weighted by Gasteiger charge is 2.27. The van der Waals surface area contributed by atoms with Crippen molar-refractivity contribution < 1.29 is 14.3 Å². The van der Waals surface area contributed by atoms with E-state index in [1.54, 1.807) is 14.2 Å². The zero-order chi connectivity index (χ0) is 27.8. The number of anilines is 1. The van der Waals surface area contributed by atoms with Gasteiger partial charge in [-0.3, -0.25) is 4.79 Å². The molecule has 6 rings (SSSR count). The van der Waals surface area contributed by atoms with Gasteiger partial charge in [-0.1, -0.05) is 30.3 Å². The first kappa shape index (κ1) is 26.1. The molecule has 3 aromatic carbocycles. The Labute approximate surface area is 236 Å². The highest BCUT2D eigenvalue weighted by atomic mass is 16.5. The summed E-state index contributed by atoms with van der Waals surface area (Å²) >= 11 is 0. The maximum atomic E-state index is 13.6. The zero-order valence-electron chi connectivity index (χ0n) is 23.9. The smallest absolute Gasteiger partial charge is 0.253 e. The van der Waals surface area contributed by atoms with Crippen LogP contribution in [0.1, 0.15) is 33.6 Å². The van der Waals surface area contributed by atoms with Crippen LogP contribution in [0.15, 0.2) is 66.7 Å². The van der Waals surface area contributed by atoms with E-state index < -0.39 is 0 Å². The van der Waals surface area contributed by atoms with Gasteiger partial charge in [0.25, 0.3) is 5.91 Å². The minimum atomic E-state index is 0.104. The molecule has 0 N–H and O–H groups in total. The third-order valence-electron chi connectivity index (χ3n) is 8.55. The third kappa shape index (κ3) is 4.51. The van der Waals surface area contributed by atoms with Gasteiger partial charge in [-0.25, -0.2) is 0 Å². The van der Waals surface area contributed by atoms with Crippen LogP contribution < -0.4 is 14.4 Å².